The van der Waals surface area contributed by atoms with Crippen molar-refractivity contribution in [3.05, 3.63) is 60.2 Å². The van der Waals surface area contributed by atoms with Crippen LogP contribution in [-0.2, 0) is 18.3 Å². The Morgan fingerprint density at radius 3 is 2.76 bits per heavy atom. The molecule has 0 aliphatic carbocycles. The fourth-order valence-corrected chi connectivity index (χ4v) is 3.59. The van der Waals surface area contributed by atoms with Crippen LogP contribution in [0.25, 0.3) is 0 Å². The van der Waals surface area contributed by atoms with Gasteiger partial charge in [0.25, 0.3) is 5.91 Å². The number of nitrogens with one attached hydrogen (secondary N) is 2. The quantitative estimate of drug-likeness (QED) is 0.682. The molecule has 29 heavy (non-hydrogen) atoms. The highest BCUT2D eigenvalue weighted by atomic mass is 16.2. The maximum Gasteiger partial charge on any atom is 0.274 e. The minimum absolute atomic E-state index is 0.0570. The van der Waals surface area contributed by atoms with Gasteiger partial charge in [-0.25, -0.2) is 4.99 Å². The molecule has 8 nitrogen and oxygen atoms in total. The van der Waals surface area contributed by atoms with E-state index < -0.39 is 0 Å². The number of aliphatic hydroxyl groups is 1. The summed E-state index contributed by atoms with van der Waals surface area (Å²) in [5.74, 6) is 0.681. The molecule has 0 spiro atoms. The topological polar surface area (TPSA) is 94.8 Å². The van der Waals surface area contributed by atoms with E-state index in [0.29, 0.717) is 12.6 Å². The number of piperidine rings is 1. The number of fused-ring (bicyclic) bond motifs is 2. The smallest absolute Gasteiger partial charge is 0.274 e. The predicted octanol–water partition coefficient (Wildman–Crippen LogP) is 1.67. The minimum atomic E-state index is -0.0570. The first-order chi connectivity index (χ1) is 14.2. The van der Waals surface area contributed by atoms with E-state index in [-0.39, 0.29) is 5.91 Å². The molecule has 2 aromatic rings. The molecular weight excluding hydrogens is 368 g/mol. The molecule has 1 amide bonds. The van der Waals surface area contributed by atoms with Crippen molar-refractivity contribution in [2.24, 2.45) is 12.0 Å². The second-order valence-electron chi connectivity index (χ2n) is 6.90. The number of aliphatic imine (C=N–C) groups is 1. The number of carbonyl (C=O) groups excluding carboxylic acids is 1. The summed E-state index contributed by atoms with van der Waals surface area (Å²) in [5, 5.41) is 17.1. The molecule has 4 heterocycles. The molecule has 0 radical (unpaired) electrons. The van der Waals surface area contributed by atoms with Gasteiger partial charge in [0.15, 0.2) is 0 Å². The molecule has 1 fully saturated rings. The van der Waals surface area contributed by atoms with Crippen LogP contribution in [0.5, 0.6) is 0 Å². The lowest BCUT2D eigenvalue weighted by atomic mass is 10.1. The molecule has 1 saturated heterocycles. The monoisotopic (exact) mass is 396 g/mol. The van der Waals surface area contributed by atoms with Gasteiger partial charge in [0.1, 0.15) is 11.5 Å². The van der Waals surface area contributed by atoms with Crippen LogP contribution in [0.15, 0.2) is 59.6 Å². The molecule has 3 aliphatic rings. The minimum Gasteiger partial charge on any atom is -0.400 e. The zero-order chi connectivity index (χ0) is 20.6. The molecule has 3 aliphatic heterocycles. The number of benzene rings is 1. The normalized spacial score (nSPS) is 18.6. The van der Waals surface area contributed by atoms with Gasteiger partial charge in [0.05, 0.1) is 11.9 Å². The number of hydrogen-bond donors (Lipinski definition) is 3. The Morgan fingerprint density at radius 1 is 1.24 bits per heavy atom. The Kier molecular flexibility index (Phi) is 7.02. The first-order valence-corrected chi connectivity index (χ1v) is 9.79. The number of nitrogens with zero attached hydrogens (tertiary/aromatic N) is 4. The molecule has 0 saturated carbocycles. The molecule has 1 aromatic heterocycles. The average molecular weight is 396 g/mol. The molecule has 0 bridgehead atoms. The third-order valence-electron chi connectivity index (χ3n) is 4.96. The second kappa shape index (κ2) is 9.88. The Morgan fingerprint density at radius 2 is 2.07 bits per heavy atom. The van der Waals surface area contributed by atoms with Gasteiger partial charge < -0.3 is 20.6 Å². The Labute approximate surface area is 170 Å². The van der Waals surface area contributed by atoms with E-state index in [1.165, 1.54) is 12.0 Å². The van der Waals surface area contributed by atoms with Crippen LogP contribution >= 0.6 is 0 Å². The molecule has 5 rings (SSSR count). The number of aliphatic hydroxyl groups excluding tert-OH is 1. The van der Waals surface area contributed by atoms with Crippen LogP contribution < -0.4 is 10.6 Å². The van der Waals surface area contributed by atoms with Crippen LogP contribution in [0.1, 0.15) is 24.8 Å². The van der Waals surface area contributed by atoms with Crippen LogP contribution in [0.2, 0.25) is 0 Å². The van der Waals surface area contributed by atoms with E-state index in [9.17, 15) is 4.79 Å². The maximum absolute atomic E-state index is 12.5. The summed E-state index contributed by atoms with van der Waals surface area (Å²) in [6.45, 7) is 0.948. The highest BCUT2D eigenvalue weighted by molar-refractivity contribution is 6.08. The Hall–Kier alpha value is -3.13. The highest BCUT2D eigenvalue weighted by Crippen LogP contribution is 2.26. The highest BCUT2D eigenvalue weighted by Gasteiger charge is 2.32. The number of hydrogen-bond acceptors (Lipinski definition) is 6. The summed E-state index contributed by atoms with van der Waals surface area (Å²) >= 11 is 0. The van der Waals surface area contributed by atoms with Gasteiger partial charge in [-0.1, -0.05) is 18.2 Å². The summed E-state index contributed by atoms with van der Waals surface area (Å²) in [6.07, 6.45) is 9.94. The molecule has 1 aromatic carbocycles. The van der Waals surface area contributed by atoms with Crippen molar-refractivity contribution in [3.63, 3.8) is 0 Å². The SMILES string of the molecule is CO.Cn1cccn1.O=C(NC1=Nc2ccccc2C1)C1=CNC2CCCCN12. The predicted molar refractivity (Wildman–Crippen MR) is 112 cm³/mol. The molecule has 154 valence electrons. The van der Waals surface area contributed by atoms with Gasteiger partial charge in [0.2, 0.25) is 0 Å². The summed E-state index contributed by atoms with van der Waals surface area (Å²) in [5.41, 5.74) is 2.86. The van der Waals surface area contributed by atoms with Crippen molar-refractivity contribution in [2.75, 3.05) is 13.7 Å². The van der Waals surface area contributed by atoms with Crippen molar-refractivity contribution in [3.8, 4) is 0 Å². The van der Waals surface area contributed by atoms with Crippen LogP contribution in [0.4, 0.5) is 5.69 Å². The molecule has 1 atom stereocenters. The van der Waals surface area contributed by atoms with Crippen molar-refractivity contribution < 1.29 is 9.90 Å². The number of amidine groups is 1. The first-order valence-electron chi connectivity index (χ1n) is 9.79. The summed E-state index contributed by atoms with van der Waals surface area (Å²) in [6, 6.07) is 9.89. The number of rotatable bonds is 1. The lowest BCUT2D eigenvalue weighted by molar-refractivity contribution is -0.117. The van der Waals surface area contributed by atoms with Gasteiger partial charge in [-0.3, -0.25) is 9.48 Å². The molecular formula is C21H28N6O2. The molecule has 3 N–H and O–H groups in total. The van der Waals surface area contributed by atoms with Crippen LogP contribution in [-0.4, -0.2) is 51.4 Å². The Balaban J connectivity index is 0.000000256. The van der Waals surface area contributed by atoms with Gasteiger partial charge in [-0.15, -0.1) is 0 Å². The van der Waals surface area contributed by atoms with E-state index in [1.807, 2.05) is 43.7 Å². The summed E-state index contributed by atoms with van der Waals surface area (Å²) in [7, 11) is 2.89. The maximum atomic E-state index is 12.5. The number of aromatic nitrogens is 2. The fraction of sp³-hybridized carbons (Fsp3) is 0.381. The summed E-state index contributed by atoms with van der Waals surface area (Å²) < 4.78 is 1.75. The van der Waals surface area contributed by atoms with E-state index in [1.54, 1.807) is 10.9 Å². The zero-order valence-electron chi connectivity index (χ0n) is 16.9. The lowest BCUT2D eigenvalue weighted by Gasteiger charge is -2.32. The van der Waals surface area contributed by atoms with Gasteiger partial charge >= 0.3 is 0 Å². The third-order valence-corrected chi connectivity index (χ3v) is 4.96. The van der Waals surface area contributed by atoms with Gasteiger partial charge in [-0.05, 0) is 37.0 Å². The number of amides is 1. The lowest BCUT2D eigenvalue weighted by Crippen LogP contribution is -2.44. The van der Waals surface area contributed by atoms with E-state index in [0.717, 1.165) is 43.7 Å². The van der Waals surface area contributed by atoms with Gasteiger partial charge in [-0.2, -0.15) is 5.10 Å². The van der Waals surface area contributed by atoms with Crippen LogP contribution in [0.3, 0.4) is 0 Å². The van der Waals surface area contributed by atoms with Crippen LogP contribution in [0, 0.1) is 0 Å². The number of aryl methyl sites for hydroxylation is 1. The van der Waals surface area contributed by atoms with Gasteiger partial charge in [0, 0.05) is 45.7 Å². The zero-order valence-corrected chi connectivity index (χ0v) is 16.9. The first kappa shape index (κ1) is 20.6. The van der Waals surface area contributed by atoms with E-state index in [2.05, 4.69) is 31.7 Å². The largest absolute Gasteiger partial charge is 0.400 e. The van der Waals surface area contributed by atoms with Crippen molar-refractivity contribution in [1.29, 1.82) is 0 Å². The average Bonchev–Trinajstić information content (AvgIpc) is 3.48. The standard InChI is InChI=1S/C16H18N4O.C4H6N2.CH4O/c21-16(13-10-17-15-7-3-4-8-20(13)15)19-14-9-11-5-1-2-6-12(11)18-14;1-6-4-2-3-5-6;1-2/h1-2,5-6,10,15,17H,3-4,7-9H2,(H,18,19,21);2-4H,1H3;2H,1H3. The number of para-hydroxylation sites is 1. The van der Waals surface area contributed by atoms with Crippen molar-refractivity contribution in [1.82, 2.24) is 25.3 Å². The van der Waals surface area contributed by atoms with E-state index in [4.69, 9.17) is 5.11 Å². The Bertz CT molecular complexity index is 875. The summed E-state index contributed by atoms with van der Waals surface area (Å²) in [4.78, 5) is 19.1. The second-order valence-corrected chi connectivity index (χ2v) is 6.90. The third kappa shape index (κ3) is 5.03. The fourth-order valence-electron chi connectivity index (χ4n) is 3.59. The van der Waals surface area contributed by atoms with Crippen molar-refractivity contribution in [2.45, 2.75) is 31.8 Å². The number of carbonyl (C=O) groups is 1. The molecule has 1 unspecified atom stereocenters. The molecule has 8 heteroatoms. The van der Waals surface area contributed by atoms with E-state index >= 15 is 0 Å². The van der Waals surface area contributed by atoms with Crippen molar-refractivity contribution >= 4 is 17.4 Å².